The minimum Gasteiger partial charge on any atom is -0.294 e. The number of pyridine rings is 1. The number of Topliss-reactive ketones (excluding diaryl/α,β-unsaturated/α-hetero) is 1. The van der Waals surface area contributed by atoms with Crippen LogP contribution in [0.15, 0.2) is 65.6 Å². The van der Waals surface area contributed by atoms with Crippen molar-refractivity contribution in [1.82, 2.24) is 14.8 Å². The third-order valence-electron chi connectivity index (χ3n) is 5.57. The Balaban J connectivity index is 1.67. The Labute approximate surface area is 161 Å². The molecule has 1 aliphatic carbocycles. The molecule has 0 saturated carbocycles. The van der Waals surface area contributed by atoms with E-state index in [-0.39, 0.29) is 17.3 Å². The molecule has 28 heavy (non-hydrogen) atoms. The maximum atomic E-state index is 13.2. The van der Waals surface area contributed by atoms with E-state index in [1.54, 1.807) is 6.20 Å². The highest BCUT2D eigenvalue weighted by molar-refractivity contribution is 6.02. The van der Waals surface area contributed by atoms with Gasteiger partial charge in [-0.05, 0) is 42.5 Å². The molecule has 1 N–H and O–H groups in total. The highest BCUT2D eigenvalue weighted by atomic mass is 16.1. The molecule has 5 nitrogen and oxygen atoms in total. The Kier molecular flexibility index (Phi) is 3.76. The highest BCUT2D eigenvalue weighted by Gasteiger charge is 2.30. The second-order valence-electron chi connectivity index (χ2n) is 7.40. The van der Waals surface area contributed by atoms with Crippen LogP contribution in [0.4, 0.5) is 0 Å². The van der Waals surface area contributed by atoms with Crippen molar-refractivity contribution in [1.29, 1.82) is 0 Å². The molecule has 0 amide bonds. The predicted octanol–water partition coefficient (Wildman–Crippen LogP) is 3.93. The van der Waals surface area contributed by atoms with E-state index in [9.17, 15) is 9.59 Å². The van der Waals surface area contributed by atoms with Crippen molar-refractivity contribution in [3.63, 3.8) is 0 Å². The van der Waals surface area contributed by atoms with Crippen LogP contribution in [0.1, 0.15) is 39.4 Å². The summed E-state index contributed by atoms with van der Waals surface area (Å²) < 4.78 is 1.50. The van der Waals surface area contributed by atoms with Gasteiger partial charge >= 0.3 is 0 Å². The number of nitrogens with zero attached hydrogens (tertiary/aromatic N) is 2. The number of rotatable bonds is 2. The monoisotopic (exact) mass is 369 g/mol. The lowest BCUT2D eigenvalue weighted by Crippen LogP contribution is -2.22. The van der Waals surface area contributed by atoms with Crippen molar-refractivity contribution in [2.45, 2.75) is 25.7 Å². The molecule has 5 heteroatoms. The summed E-state index contributed by atoms with van der Waals surface area (Å²) in [7, 11) is 0. The van der Waals surface area contributed by atoms with E-state index in [1.165, 1.54) is 10.2 Å². The summed E-state index contributed by atoms with van der Waals surface area (Å²) in [6, 6.07) is 17.7. The van der Waals surface area contributed by atoms with E-state index in [0.29, 0.717) is 29.4 Å². The standard InChI is InChI=1S/C23H19N3O2/c1-14-7-9-15(10-8-14)16-11-18-19(20(27)12-16)13-24-22-21(18)23(28)26(25-22)17-5-3-2-4-6-17/h2-10,13,16H,11-12H2,1H3,(H,24,25)/t16-/m0/s1. The maximum absolute atomic E-state index is 13.2. The molecular weight excluding hydrogens is 350 g/mol. The van der Waals surface area contributed by atoms with Crippen LogP contribution in [0.2, 0.25) is 0 Å². The number of aryl methyl sites for hydroxylation is 1. The first-order chi connectivity index (χ1) is 13.6. The number of carbonyl (C=O) groups is 1. The molecule has 0 saturated heterocycles. The van der Waals surface area contributed by atoms with Crippen LogP contribution in [0.3, 0.4) is 0 Å². The number of carbonyl (C=O) groups excluding carboxylic acids is 1. The molecular formula is C23H19N3O2. The van der Waals surface area contributed by atoms with Gasteiger partial charge in [-0.1, -0.05) is 48.0 Å². The van der Waals surface area contributed by atoms with Gasteiger partial charge in [0.15, 0.2) is 11.4 Å². The number of benzene rings is 2. The Morgan fingerprint density at radius 2 is 1.75 bits per heavy atom. The first kappa shape index (κ1) is 16.7. The molecule has 2 aromatic heterocycles. The van der Waals surface area contributed by atoms with Gasteiger partial charge in [-0.2, -0.15) is 0 Å². The van der Waals surface area contributed by atoms with E-state index in [1.807, 2.05) is 37.3 Å². The van der Waals surface area contributed by atoms with Gasteiger partial charge in [-0.25, -0.2) is 9.67 Å². The topological polar surface area (TPSA) is 67.8 Å². The number of ketones is 1. The fourth-order valence-electron chi connectivity index (χ4n) is 4.07. The van der Waals surface area contributed by atoms with Crippen molar-refractivity contribution in [2.24, 2.45) is 0 Å². The fourth-order valence-corrected chi connectivity index (χ4v) is 4.07. The molecule has 1 aliphatic rings. The van der Waals surface area contributed by atoms with Crippen molar-refractivity contribution in [3.05, 3.63) is 93.4 Å². The second-order valence-corrected chi connectivity index (χ2v) is 7.40. The van der Waals surface area contributed by atoms with Crippen LogP contribution in [-0.4, -0.2) is 20.5 Å². The largest absolute Gasteiger partial charge is 0.294 e. The minimum absolute atomic E-state index is 0.0492. The lowest BCUT2D eigenvalue weighted by molar-refractivity contribution is 0.0964. The molecule has 138 valence electrons. The third-order valence-corrected chi connectivity index (χ3v) is 5.57. The van der Waals surface area contributed by atoms with E-state index < -0.39 is 0 Å². The van der Waals surface area contributed by atoms with Crippen molar-refractivity contribution in [3.8, 4) is 5.69 Å². The molecule has 5 rings (SSSR count). The molecule has 2 aromatic carbocycles. The number of fused-ring (bicyclic) bond motifs is 3. The van der Waals surface area contributed by atoms with Crippen molar-refractivity contribution in [2.75, 3.05) is 0 Å². The van der Waals surface area contributed by atoms with E-state index in [0.717, 1.165) is 16.8 Å². The Bertz CT molecular complexity index is 1250. The lowest BCUT2D eigenvalue weighted by Gasteiger charge is -2.24. The zero-order chi connectivity index (χ0) is 19.3. The molecule has 0 fully saturated rings. The summed E-state index contributed by atoms with van der Waals surface area (Å²) in [6.07, 6.45) is 2.71. The number of para-hydroxylation sites is 1. The van der Waals surface area contributed by atoms with Gasteiger partial charge in [0.1, 0.15) is 0 Å². The zero-order valence-corrected chi connectivity index (χ0v) is 15.5. The maximum Gasteiger partial charge on any atom is 0.281 e. The van der Waals surface area contributed by atoms with E-state index in [4.69, 9.17) is 0 Å². The molecule has 0 bridgehead atoms. The molecule has 0 unspecified atom stereocenters. The predicted molar refractivity (Wildman–Crippen MR) is 108 cm³/mol. The number of nitrogens with one attached hydrogen (secondary N) is 1. The SMILES string of the molecule is Cc1ccc([C@@H]2CC(=O)c3cnc4[nH]n(-c5ccccc5)c(=O)c4c3C2)cc1. The minimum atomic E-state index is -0.164. The summed E-state index contributed by atoms with van der Waals surface area (Å²) in [6.45, 7) is 2.05. The van der Waals surface area contributed by atoms with Gasteiger partial charge in [-0.15, -0.1) is 0 Å². The quantitative estimate of drug-likeness (QED) is 0.582. The average molecular weight is 369 g/mol. The number of aromatic amines is 1. The fraction of sp³-hybridized carbons (Fsp3) is 0.174. The average Bonchev–Trinajstić information content (AvgIpc) is 3.06. The smallest absolute Gasteiger partial charge is 0.281 e. The number of aromatic nitrogens is 3. The van der Waals surface area contributed by atoms with Crippen LogP contribution in [0.5, 0.6) is 0 Å². The van der Waals surface area contributed by atoms with Crippen LogP contribution in [-0.2, 0) is 6.42 Å². The summed E-state index contributed by atoms with van der Waals surface area (Å²) in [5.74, 6) is 0.124. The van der Waals surface area contributed by atoms with Crippen molar-refractivity contribution >= 4 is 16.8 Å². The normalized spacial score (nSPS) is 16.3. The van der Waals surface area contributed by atoms with Gasteiger partial charge < -0.3 is 0 Å². The van der Waals surface area contributed by atoms with Crippen molar-refractivity contribution < 1.29 is 4.79 Å². The van der Waals surface area contributed by atoms with E-state index in [2.05, 4.69) is 34.3 Å². The molecule has 0 radical (unpaired) electrons. The van der Waals surface area contributed by atoms with Gasteiger partial charge in [0, 0.05) is 18.2 Å². The van der Waals surface area contributed by atoms with Crippen LogP contribution < -0.4 is 5.56 Å². The Morgan fingerprint density at radius 3 is 2.50 bits per heavy atom. The summed E-state index contributed by atoms with van der Waals surface area (Å²) in [5, 5.41) is 3.61. The highest BCUT2D eigenvalue weighted by Crippen LogP contribution is 2.34. The number of H-pyrrole nitrogens is 1. The summed E-state index contributed by atoms with van der Waals surface area (Å²) in [4.78, 5) is 30.3. The number of hydrogen-bond donors (Lipinski definition) is 1. The first-order valence-electron chi connectivity index (χ1n) is 9.39. The van der Waals surface area contributed by atoms with Gasteiger partial charge in [-0.3, -0.25) is 14.7 Å². The van der Waals surface area contributed by atoms with Gasteiger partial charge in [0.2, 0.25) is 0 Å². The van der Waals surface area contributed by atoms with Crippen LogP contribution >= 0.6 is 0 Å². The molecule has 2 heterocycles. The lowest BCUT2D eigenvalue weighted by atomic mass is 9.79. The molecule has 1 atom stereocenters. The summed E-state index contributed by atoms with van der Waals surface area (Å²) in [5.41, 5.74) is 4.81. The molecule has 0 aliphatic heterocycles. The first-order valence-corrected chi connectivity index (χ1v) is 9.39. The molecule has 0 spiro atoms. The Morgan fingerprint density at radius 1 is 1.00 bits per heavy atom. The second kappa shape index (κ2) is 6.30. The third kappa shape index (κ3) is 2.59. The number of hydrogen-bond acceptors (Lipinski definition) is 3. The van der Waals surface area contributed by atoms with Gasteiger partial charge in [0.05, 0.1) is 11.1 Å². The Hall–Kier alpha value is -3.47. The van der Waals surface area contributed by atoms with E-state index >= 15 is 0 Å². The van der Waals surface area contributed by atoms with Crippen LogP contribution in [0.25, 0.3) is 16.7 Å². The zero-order valence-electron chi connectivity index (χ0n) is 15.5. The summed E-state index contributed by atoms with van der Waals surface area (Å²) >= 11 is 0. The molecule has 4 aromatic rings. The van der Waals surface area contributed by atoms with Gasteiger partial charge in [0.25, 0.3) is 5.56 Å². The van der Waals surface area contributed by atoms with Crippen LogP contribution in [0, 0.1) is 6.92 Å².